The number of hydrogen-bond acceptors (Lipinski definition) is 2. The van der Waals surface area contributed by atoms with Crippen molar-refractivity contribution in [2.24, 2.45) is 29.6 Å². The van der Waals surface area contributed by atoms with Crippen LogP contribution < -0.4 is 0 Å². The highest BCUT2D eigenvalue weighted by Crippen LogP contribution is 2.43. The number of hydrogen-bond donors (Lipinski definition) is 0. The van der Waals surface area contributed by atoms with Crippen LogP contribution in [0.4, 0.5) is 17.6 Å². The molecule has 1 aliphatic heterocycles. The molecular formula is C31H40F4O2. The third-order valence-corrected chi connectivity index (χ3v) is 8.59. The second-order valence-corrected chi connectivity index (χ2v) is 11.0. The summed E-state index contributed by atoms with van der Waals surface area (Å²) in [5.74, 6) is 2.07. The molecule has 3 aliphatic rings. The van der Waals surface area contributed by atoms with E-state index in [4.69, 9.17) is 9.47 Å². The predicted octanol–water partition coefficient (Wildman–Crippen LogP) is 8.52. The molecule has 1 heterocycles. The van der Waals surface area contributed by atoms with E-state index < -0.39 is 24.3 Å². The lowest BCUT2D eigenvalue weighted by atomic mass is 9.67. The monoisotopic (exact) mass is 520 g/mol. The van der Waals surface area contributed by atoms with Gasteiger partial charge in [0.2, 0.25) is 0 Å². The molecule has 0 amide bonds. The van der Waals surface area contributed by atoms with Crippen LogP contribution in [0.25, 0.3) is 6.08 Å². The Bertz CT molecular complexity index is 910. The Kier molecular flexibility index (Phi) is 10.4. The maximum atomic E-state index is 14.3. The minimum Gasteiger partial charge on any atom is -0.349 e. The van der Waals surface area contributed by atoms with E-state index in [1.54, 1.807) is 12.2 Å². The Morgan fingerprint density at radius 2 is 1.35 bits per heavy atom. The number of halogens is 4. The molecule has 1 aromatic carbocycles. The highest BCUT2D eigenvalue weighted by Gasteiger charge is 2.34. The Labute approximate surface area is 218 Å². The molecule has 0 radical (unpaired) electrons. The second kappa shape index (κ2) is 13.7. The van der Waals surface area contributed by atoms with E-state index in [2.05, 4.69) is 19.1 Å². The van der Waals surface area contributed by atoms with E-state index in [0.29, 0.717) is 36.7 Å². The molecule has 0 atom stereocenters. The average molecular weight is 521 g/mol. The first kappa shape index (κ1) is 28.1. The molecule has 0 bridgehead atoms. The minimum atomic E-state index is -2.64. The fraction of sp³-hybridized carbons (Fsp3) is 0.613. The van der Waals surface area contributed by atoms with Crippen LogP contribution in [0.2, 0.25) is 0 Å². The van der Waals surface area contributed by atoms with Crippen LogP contribution in [-0.2, 0) is 15.9 Å². The largest absolute Gasteiger partial charge is 0.349 e. The number of ether oxygens (including phenoxy) is 2. The van der Waals surface area contributed by atoms with Crippen LogP contribution in [0, 0.1) is 41.2 Å². The summed E-state index contributed by atoms with van der Waals surface area (Å²) in [5, 5.41) is 0. The van der Waals surface area contributed by atoms with Gasteiger partial charge in [-0.15, -0.1) is 0 Å². The van der Waals surface area contributed by atoms with Crippen LogP contribution in [0.3, 0.4) is 0 Å². The lowest BCUT2D eigenvalue weighted by Crippen LogP contribution is -2.37. The number of benzene rings is 1. The van der Waals surface area contributed by atoms with Gasteiger partial charge >= 0.3 is 0 Å². The van der Waals surface area contributed by atoms with Gasteiger partial charge in [-0.1, -0.05) is 24.3 Å². The van der Waals surface area contributed by atoms with E-state index in [0.717, 1.165) is 23.8 Å². The van der Waals surface area contributed by atoms with E-state index in [1.165, 1.54) is 63.5 Å². The van der Waals surface area contributed by atoms with Gasteiger partial charge in [0.05, 0.1) is 13.2 Å². The van der Waals surface area contributed by atoms with Gasteiger partial charge < -0.3 is 9.47 Å². The topological polar surface area (TPSA) is 18.5 Å². The molecule has 2 nitrogen and oxygen atoms in total. The summed E-state index contributed by atoms with van der Waals surface area (Å²) in [6, 6.07) is 2.39. The molecule has 6 heteroatoms. The van der Waals surface area contributed by atoms with E-state index in [9.17, 15) is 17.6 Å². The first-order valence-electron chi connectivity index (χ1n) is 13.9. The summed E-state index contributed by atoms with van der Waals surface area (Å²) >= 11 is 0. The first-order chi connectivity index (χ1) is 17.9. The molecule has 204 valence electrons. The van der Waals surface area contributed by atoms with E-state index >= 15 is 0 Å². The molecule has 1 saturated heterocycles. The van der Waals surface area contributed by atoms with Crippen LogP contribution in [0.5, 0.6) is 0 Å². The molecule has 0 unspecified atom stereocenters. The van der Waals surface area contributed by atoms with Gasteiger partial charge in [0.25, 0.3) is 6.43 Å². The smallest absolute Gasteiger partial charge is 0.257 e. The van der Waals surface area contributed by atoms with Crippen LogP contribution in [0.1, 0.15) is 69.4 Å². The van der Waals surface area contributed by atoms with E-state index in [-0.39, 0.29) is 12.0 Å². The summed E-state index contributed by atoms with van der Waals surface area (Å²) in [4.78, 5) is 0. The predicted molar refractivity (Wildman–Crippen MR) is 139 cm³/mol. The molecule has 2 aliphatic carbocycles. The normalized spacial score (nSPS) is 31.7. The molecule has 0 N–H and O–H groups in total. The minimum absolute atomic E-state index is 0.220. The van der Waals surface area contributed by atoms with Crippen molar-refractivity contribution in [2.45, 2.75) is 77.4 Å². The highest BCUT2D eigenvalue weighted by molar-refractivity contribution is 5.51. The van der Waals surface area contributed by atoms with Gasteiger partial charge in [0.15, 0.2) is 6.29 Å². The molecule has 1 aromatic rings. The average Bonchev–Trinajstić information content (AvgIpc) is 2.90. The van der Waals surface area contributed by atoms with Crippen molar-refractivity contribution < 1.29 is 27.0 Å². The quantitative estimate of drug-likeness (QED) is 0.253. The summed E-state index contributed by atoms with van der Waals surface area (Å²) in [5.41, 5.74) is 0.113. The Balaban J connectivity index is 1.20. The first-order valence-corrected chi connectivity index (χ1v) is 13.9. The number of allylic oxidation sites excluding steroid dienone is 4. The van der Waals surface area contributed by atoms with Crippen molar-refractivity contribution in [1.29, 1.82) is 0 Å². The van der Waals surface area contributed by atoms with Gasteiger partial charge in [0.1, 0.15) is 11.6 Å². The summed E-state index contributed by atoms with van der Waals surface area (Å²) in [7, 11) is 0. The van der Waals surface area contributed by atoms with Crippen molar-refractivity contribution in [2.75, 3.05) is 13.2 Å². The van der Waals surface area contributed by atoms with Gasteiger partial charge in [-0.05, 0) is 118 Å². The molecule has 0 spiro atoms. The SMILES string of the molecule is C/C=C/C1CCC(C2CCC(C3COC(/C=C/c4cc(F)c(C/C=C/C(F)F)c(F)c4)OC3)CC2)CC1. The molecule has 4 rings (SSSR count). The van der Waals surface area contributed by atoms with Gasteiger partial charge in [-0.2, -0.15) is 0 Å². The molecule has 3 fully saturated rings. The highest BCUT2D eigenvalue weighted by atomic mass is 19.3. The molecule has 37 heavy (non-hydrogen) atoms. The molecular weight excluding hydrogens is 480 g/mol. The maximum Gasteiger partial charge on any atom is 0.257 e. The lowest BCUT2D eigenvalue weighted by molar-refractivity contribution is -0.185. The van der Waals surface area contributed by atoms with Crippen molar-refractivity contribution in [3.63, 3.8) is 0 Å². The zero-order valence-corrected chi connectivity index (χ0v) is 21.8. The van der Waals surface area contributed by atoms with Crippen LogP contribution >= 0.6 is 0 Å². The van der Waals surface area contributed by atoms with Crippen molar-refractivity contribution in [3.8, 4) is 0 Å². The Morgan fingerprint density at radius 3 is 1.89 bits per heavy atom. The Hall–Kier alpha value is -1.92. The summed E-state index contributed by atoms with van der Waals surface area (Å²) in [6.07, 6.45) is 16.7. The van der Waals surface area contributed by atoms with Crippen LogP contribution in [-0.4, -0.2) is 25.9 Å². The summed E-state index contributed by atoms with van der Waals surface area (Å²) in [6.45, 7) is 3.39. The van der Waals surface area contributed by atoms with E-state index in [1.807, 2.05) is 0 Å². The van der Waals surface area contributed by atoms with Crippen LogP contribution in [0.15, 0.2) is 42.5 Å². The van der Waals surface area contributed by atoms with Crippen molar-refractivity contribution in [3.05, 3.63) is 65.3 Å². The molecule has 2 saturated carbocycles. The second-order valence-electron chi connectivity index (χ2n) is 11.0. The van der Waals surface area contributed by atoms with Gasteiger partial charge in [-0.25, -0.2) is 17.6 Å². The lowest BCUT2D eigenvalue weighted by Gasteiger charge is -2.40. The third-order valence-electron chi connectivity index (χ3n) is 8.59. The van der Waals surface area contributed by atoms with Crippen molar-refractivity contribution in [1.82, 2.24) is 0 Å². The third kappa shape index (κ3) is 8.03. The van der Waals surface area contributed by atoms with Gasteiger partial charge in [-0.3, -0.25) is 0 Å². The number of alkyl halides is 2. The fourth-order valence-electron chi connectivity index (χ4n) is 6.48. The fourth-order valence-corrected chi connectivity index (χ4v) is 6.48. The van der Waals surface area contributed by atoms with Gasteiger partial charge in [0, 0.05) is 11.5 Å². The Morgan fingerprint density at radius 1 is 0.811 bits per heavy atom. The maximum absolute atomic E-state index is 14.3. The zero-order valence-electron chi connectivity index (χ0n) is 21.8. The summed E-state index contributed by atoms with van der Waals surface area (Å²) < 4.78 is 64.9. The molecule has 0 aromatic heterocycles. The standard InChI is InChI=1S/C31H40F4O2/c1-2-4-21-7-10-23(11-8-21)24-12-14-25(15-13-24)26-19-36-31(37-20-26)16-9-22-17-28(32)27(29(33)18-22)5-3-6-30(34)35/h2-4,6,9,16-18,21,23-26,30-31H,5,7-8,10-15,19-20H2,1H3/b4-2+,6-3+,16-9+. The zero-order chi connectivity index (χ0) is 26.2. The number of rotatable bonds is 8. The van der Waals surface area contributed by atoms with Crippen molar-refractivity contribution >= 4 is 6.08 Å².